The second-order valence-electron chi connectivity index (χ2n) is 5.28. The van der Waals surface area contributed by atoms with Crippen LogP contribution in [0.25, 0.3) is 0 Å². The van der Waals surface area contributed by atoms with Crippen LogP contribution in [0.5, 0.6) is 0 Å². The van der Waals surface area contributed by atoms with Gasteiger partial charge in [-0.2, -0.15) is 0 Å². The molecule has 1 heterocycles. The van der Waals surface area contributed by atoms with E-state index in [4.69, 9.17) is 18.0 Å². The van der Waals surface area contributed by atoms with Crippen LogP contribution in [-0.4, -0.2) is 24.9 Å². The number of hydrogen-bond acceptors (Lipinski definition) is 4. The van der Waals surface area contributed by atoms with Crippen LogP contribution < -0.4 is 10.5 Å². The number of nitrogens with zero attached hydrogens (tertiary/aromatic N) is 1. The van der Waals surface area contributed by atoms with Crippen LogP contribution in [0.3, 0.4) is 0 Å². The van der Waals surface area contributed by atoms with Gasteiger partial charge in [-0.15, -0.1) is 0 Å². The van der Waals surface area contributed by atoms with Gasteiger partial charge in [-0.1, -0.05) is 25.6 Å². The quantitative estimate of drug-likeness (QED) is 0.779. The van der Waals surface area contributed by atoms with E-state index >= 15 is 0 Å². The van der Waals surface area contributed by atoms with E-state index in [2.05, 4.69) is 16.6 Å². The number of pyridine rings is 1. The summed E-state index contributed by atoms with van der Waals surface area (Å²) in [7, 11) is -3.52. The van der Waals surface area contributed by atoms with Crippen molar-refractivity contribution in [2.45, 2.75) is 37.5 Å². The minimum absolute atomic E-state index is 0.138. The summed E-state index contributed by atoms with van der Waals surface area (Å²) in [4.78, 5) is 4.25. The Balaban J connectivity index is 2.08. The fourth-order valence-electron chi connectivity index (χ4n) is 2.35. The Morgan fingerprint density at radius 2 is 2.20 bits per heavy atom. The third kappa shape index (κ3) is 3.16. The highest BCUT2D eigenvalue weighted by Gasteiger charge is 2.36. The van der Waals surface area contributed by atoms with Gasteiger partial charge in [-0.25, -0.2) is 13.1 Å². The van der Waals surface area contributed by atoms with Crippen molar-refractivity contribution in [1.29, 1.82) is 0 Å². The number of nitrogens with one attached hydrogen (secondary N) is 1. The number of rotatable bonds is 6. The molecular weight excluding hydrogens is 294 g/mol. The lowest BCUT2D eigenvalue weighted by Crippen LogP contribution is -2.41. The highest BCUT2D eigenvalue weighted by molar-refractivity contribution is 7.89. The molecule has 1 aliphatic rings. The minimum atomic E-state index is -3.52. The molecule has 0 atom stereocenters. The topological polar surface area (TPSA) is 85.1 Å². The van der Waals surface area contributed by atoms with Gasteiger partial charge in [-0.3, -0.25) is 4.98 Å². The number of hydrogen-bond donors (Lipinski definition) is 2. The molecule has 0 aliphatic heterocycles. The van der Waals surface area contributed by atoms with E-state index in [0.29, 0.717) is 12.2 Å². The van der Waals surface area contributed by atoms with Gasteiger partial charge in [0.1, 0.15) is 9.88 Å². The monoisotopic (exact) mass is 313 g/mol. The largest absolute Gasteiger partial charge is 0.388 e. The zero-order valence-corrected chi connectivity index (χ0v) is 13.1. The first-order chi connectivity index (χ1) is 9.38. The van der Waals surface area contributed by atoms with Crippen molar-refractivity contribution < 1.29 is 8.42 Å². The van der Waals surface area contributed by atoms with Crippen LogP contribution in [0.2, 0.25) is 0 Å². The molecule has 110 valence electrons. The van der Waals surface area contributed by atoms with Crippen LogP contribution in [0, 0.1) is 5.41 Å². The molecule has 1 aromatic rings. The predicted molar refractivity (Wildman–Crippen MR) is 81.9 cm³/mol. The third-order valence-electron chi connectivity index (χ3n) is 4.10. The average Bonchev–Trinajstić information content (AvgIpc) is 2.38. The summed E-state index contributed by atoms with van der Waals surface area (Å²) >= 11 is 4.79. The lowest BCUT2D eigenvalue weighted by molar-refractivity contribution is 0.133. The van der Waals surface area contributed by atoms with Crippen LogP contribution >= 0.6 is 12.2 Å². The molecular formula is C13H19N3O2S2. The van der Waals surface area contributed by atoms with Gasteiger partial charge in [0.25, 0.3) is 0 Å². The Morgan fingerprint density at radius 1 is 1.50 bits per heavy atom. The molecule has 5 nitrogen and oxygen atoms in total. The zero-order chi connectivity index (χ0) is 14.8. The van der Waals surface area contributed by atoms with Gasteiger partial charge < -0.3 is 5.73 Å². The lowest BCUT2D eigenvalue weighted by Gasteiger charge is -2.41. The average molecular weight is 313 g/mol. The molecule has 0 bridgehead atoms. The molecule has 3 N–H and O–H groups in total. The number of aromatic nitrogens is 1. The van der Waals surface area contributed by atoms with E-state index in [1.165, 1.54) is 24.8 Å². The van der Waals surface area contributed by atoms with Gasteiger partial charge in [0.2, 0.25) is 10.0 Å². The smallest absolute Gasteiger partial charge is 0.242 e. The van der Waals surface area contributed by atoms with Gasteiger partial charge in [0.15, 0.2) is 0 Å². The second-order valence-corrected chi connectivity index (χ2v) is 7.48. The van der Waals surface area contributed by atoms with E-state index in [-0.39, 0.29) is 15.3 Å². The van der Waals surface area contributed by atoms with E-state index in [1.807, 2.05) is 0 Å². The lowest BCUT2D eigenvalue weighted by atomic mass is 9.67. The third-order valence-corrected chi connectivity index (χ3v) is 5.70. The van der Waals surface area contributed by atoms with Crippen molar-refractivity contribution in [2.75, 3.05) is 6.54 Å². The first-order valence-corrected chi connectivity index (χ1v) is 8.53. The molecule has 1 aromatic heterocycles. The zero-order valence-electron chi connectivity index (χ0n) is 11.4. The summed E-state index contributed by atoms with van der Waals surface area (Å²) in [6.45, 7) is 2.59. The molecule has 1 aliphatic carbocycles. The van der Waals surface area contributed by atoms with Gasteiger partial charge in [0, 0.05) is 12.7 Å². The maximum Gasteiger partial charge on any atom is 0.242 e. The Bertz CT molecular complexity index is 587. The molecule has 0 spiro atoms. The second kappa shape index (κ2) is 5.75. The van der Waals surface area contributed by atoms with Gasteiger partial charge in [0.05, 0.1) is 5.69 Å². The molecule has 0 unspecified atom stereocenters. The molecule has 0 amide bonds. The van der Waals surface area contributed by atoms with Crippen molar-refractivity contribution in [3.05, 3.63) is 24.0 Å². The summed E-state index contributed by atoms with van der Waals surface area (Å²) in [5.41, 5.74) is 5.99. The first kappa shape index (κ1) is 15.3. The Hall–Kier alpha value is -1.05. The standard InChI is InChI=1S/C13H19N3O2S2/c1-2-13(6-3-7-13)9-16-20(17,18)10-4-5-11(12(14)19)15-8-10/h4-5,8,16H,2-3,6-7,9H2,1H3,(H2,14,19). The molecule has 7 heteroatoms. The van der Waals surface area contributed by atoms with E-state index in [0.717, 1.165) is 19.3 Å². The Labute approximate surface area is 125 Å². The van der Waals surface area contributed by atoms with Crippen molar-refractivity contribution in [3.8, 4) is 0 Å². The summed E-state index contributed by atoms with van der Waals surface area (Å²) in [6, 6.07) is 3.00. The molecule has 0 aromatic carbocycles. The van der Waals surface area contributed by atoms with E-state index in [1.54, 1.807) is 0 Å². The molecule has 1 fully saturated rings. The van der Waals surface area contributed by atoms with Crippen LogP contribution in [-0.2, 0) is 10.0 Å². The molecule has 20 heavy (non-hydrogen) atoms. The van der Waals surface area contributed by atoms with Gasteiger partial charge in [-0.05, 0) is 36.8 Å². The SMILES string of the molecule is CCC1(CNS(=O)(=O)c2ccc(C(N)=S)nc2)CCC1. The molecule has 0 saturated heterocycles. The van der Waals surface area contributed by atoms with Crippen LogP contribution in [0.15, 0.2) is 23.2 Å². The molecule has 2 rings (SSSR count). The summed E-state index contributed by atoms with van der Waals surface area (Å²) in [5.74, 6) is 0. The molecule has 1 saturated carbocycles. The summed E-state index contributed by atoms with van der Waals surface area (Å²) in [5, 5.41) is 0. The fraction of sp³-hybridized carbons (Fsp3) is 0.538. The summed E-state index contributed by atoms with van der Waals surface area (Å²) in [6.07, 6.45) is 5.64. The first-order valence-electron chi connectivity index (χ1n) is 6.64. The predicted octanol–water partition coefficient (Wildman–Crippen LogP) is 1.57. The Kier molecular flexibility index (Phi) is 4.41. The summed E-state index contributed by atoms with van der Waals surface area (Å²) < 4.78 is 27.1. The van der Waals surface area contributed by atoms with E-state index < -0.39 is 10.0 Å². The highest BCUT2D eigenvalue weighted by atomic mass is 32.2. The fourth-order valence-corrected chi connectivity index (χ4v) is 3.57. The van der Waals surface area contributed by atoms with Crippen molar-refractivity contribution in [1.82, 2.24) is 9.71 Å². The Morgan fingerprint density at radius 3 is 2.60 bits per heavy atom. The maximum absolute atomic E-state index is 12.2. The van der Waals surface area contributed by atoms with Crippen molar-refractivity contribution in [3.63, 3.8) is 0 Å². The highest BCUT2D eigenvalue weighted by Crippen LogP contribution is 2.43. The number of nitrogens with two attached hydrogens (primary N) is 1. The van der Waals surface area contributed by atoms with Crippen LogP contribution in [0.1, 0.15) is 38.3 Å². The normalized spacial score (nSPS) is 17.4. The molecule has 0 radical (unpaired) electrons. The van der Waals surface area contributed by atoms with Gasteiger partial charge >= 0.3 is 0 Å². The van der Waals surface area contributed by atoms with Crippen molar-refractivity contribution in [2.24, 2.45) is 11.1 Å². The van der Waals surface area contributed by atoms with Crippen LogP contribution in [0.4, 0.5) is 0 Å². The van der Waals surface area contributed by atoms with Crippen molar-refractivity contribution >= 4 is 27.2 Å². The number of thiocarbonyl (C=S) groups is 1. The maximum atomic E-state index is 12.2. The number of sulfonamides is 1. The minimum Gasteiger partial charge on any atom is -0.388 e. The van der Waals surface area contributed by atoms with E-state index in [9.17, 15) is 8.42 Å².